The third kappa shape index (κ3) is 4.17. The minimum atomic E-state index is -4.03. The highest BCUT2D eigenvalue weighted by Gasteiger charge is 2.23. The van der Waals surface area contributed by atoms with E-state index < -0.39 is 16.1 Å². The molecule has 0 aliphatic heterocycles. The van der Waals surface area contributed by atoms with E-state index in [-0.39, 0.29) is 21.6 Å². The zero-order chi connectivity index (χ0) is 21.1. The molecule has 4 aromatic rings. The molecule has 10 heteroatoms. The van der Waals surface area contributed by atoms with Crippen molar-refractivity contribution in [2.45, 2.75) is 17.9 Å². The lowest BCUT2D eigenvalue weighted by molar-refractivity contribution is 0.218. The van der Waals surface area contributed by atoms with Gasteiger partial charge in [0.2, 0.25) is 5.82 Å². The van der Waals surface area contributed by atoms with Crippen molar-refractivity contribution in [1.82, 2.24) is 19.9 Å². The van der Waals surface area contributed by atoms with E-state index >= 15 is 0 Å². The normalized spacial score (nSPS) is 12.5. The number of fused-ring (bicyclic) bond motifs is 1. The van der Waals surface area contributed by atoms with Crippen molar-refractivity contribution in [2.24, 2.45) is 0 Å². The lowest BCUT2D eigenvalue weighted by atomic mass is 10.2. The van der Waals surface area contributed by atoms with Gasteiger partial charge < -0.3 is 4.74 Å². The summed E-state index contributed by atoms with van der Waals surface area (Å²) in [4.78, 5) is 16.8. The molecule has 152 valence electrons. The fourth-order valence-corrected chi connectivity index (χ4v) is 4.26. The Morgan fingerprint density at radius 2 is 1.77 bits per heavy atom. The summed E-state index contributed by atoms with van der Waals surface area (Å²) >= 11 is 6.07. The Morgan fingerprint density at radius 3 is 2.53 bits per heavy atom. The number of pyridine rings is 2. The quantitative estimate of drug-likeness (QED) is 0.481. The summed E-state index contributed by atoms with van der Waals surface area (Å²) in [5.74, 6) is -0.0353. The first-order chi connectivity index (χ1) is 14.4. The van der Waals surface area contributed by atoms with Crippen LogP contribution in [0.25, 0.3) is 11.0 Å². The molecular weight excluding hydrogens is 426 g/mol. The number of nitrogens with zero attached hydrogens (tertiary/aromatic N) is 4. The van der Waals surface area contributed by atoms with Gasteiger partial charge in [-0.1, -0.05) is 29.8 Å². The minimum Gasteiger partial charge on any atom is -0.467 e. The van der Waals surface area contributed by atoms with Crippen molar-refractivity contribution >= 4 is 38.5 Å². The van der Waals surface area contributed by atoms with Crippen molar-refractivity contribution < 1.29 is 13.2 Å². The second kappa shape index (κ2) is 8.21. The van der Waals surface area contributed by atoms with Gasteiger partial charge in [0.05, 0.1) is 16.7 Å². The molecule has 1 atom stereocenters. The van der Waals surface area contributed by atoms with Crippen LogP contribution in [0.15, 0.2) is 72.1 Å². The molecule has 0 aliphatic carbocycles. The molecule has 1 aromatic carbocycles. The lowest BCUT2D eigenvalue weighted by Gasteiger charge is -2.17. The van der Waals surface area contributed by atoms with Gasteiger partial charge in [-0.05, 0) is 31.2 Å². The van der Waals surface area contributed by atoms with Gasteiger partial charge in [0.25, 0.3) is 15.9 Å². The predicted molar refractivity (Wildman–Crippen MR) is 113 cm³/mol. The molecule has 0 aliphatic rings. The molecule has 0 saturated carbocycles. The second-order valence-electron chi connectivity index (χ2n) is 6.32. The van der Waals surface area contributed by atoms with Crippen molar-refractivity contribution in [2.75, 3.05) is 4.72 Å². The van der Waals surface area contributed by atoms with Crippen LogP contribution in [0.5, 0.6) is 5.88 Å². The minimum absolute atomic E-state index is 0.0162. The van der Waals surface area contributed by atoms with Crippen molar-refractivity contribution in [3.63, 3.8) is 0 Å². The van der Waals surface area contributed by atoms with Crippen molar-refractivity contribution in [1.29, 1.82) is 0 Å². The highest BCUT2D eigenvalue weighted by atomic mass is 35.5. The van der Waals surface area contributed by atoms with Crippen LogP contribution in [0.1, 0.15) is 18.6 Å². The summed E-state index contributed by atoms with van der Waals surface area (Å²) in [6.45, 7) is 1.80. The van der Waals surface area contributed by atoms with Crippen molar-refractivity contribution in [3.05, 3.63) is 77.8 Å². The zero-order valence-electron chi connectivity index (χ0n) is 15.7. The molecule has 30 heavy (non-hydrogen) atoms. The van der Waals surface area contributed by atoms with E-state index in [0.717, 1.165) is 5.56 Å². The maximum atomic E-state index is 12.9. The Balaban J connectivity index is 1.76. The second-order valence-corrected chi connectivity index (χ2v) is 8.38. The standard InChI is InChI=1S/C20H16ClN5O3S/c1-13(14-5-4-9-22-11-14)29-20-19(24-16-8-10-23-12-17(16)25-20)26-30(27,28)18-7-3-2-6-15(18)21/h2-13H,1H3,(H,24,26). The number of benzene rings is 1. The van der Waals surface area contributed by atoms with Gasteiger partial charge in [0, 0.05) is 24.2 Å². The summed E-state index contributed by atoms with van der Waals surface area (Å²) < 4.78 is 34.2. The monoisotopic (exact) mass is 441 g/mol. The first-order valence-corrected chi connectivity index (χ1v) is 10.8. The molecule has 3 aromatic heterocycles. The van der Waals surface area contributed by atoms with E-state index in [1.165, 1.54) is 18.3 Å². The van der Waals surface area contributed by atoms with Gasteiger partial charge in [-0.15, -0.1) is 0 Å². The average molecular weight is 442 g/mol. The summed E-state index contributed by atoms with van der Waals surface area (Å²) in [5, 5.41) is 0.0918. The Bertz CT molecular complexity index is 1300. The van der Waals surface area contributed by atoms with Crippen LogP contribution in [0, 0.1) is 0 Å². The molecule has 0 fully saturated rings. The number of ether oxygens (including phenoxy) is 1. The summed E-state index contributed by atoms with van der Waals surface area (Å²) in [6.07, 6.45) is 5.93. The van der Waals surface area contributed by atoms with Crippen LogP contribution in [0.3, 0.4) is 0 Å². The van der Waals surface area contributed by atoms with E-state index in [1.807, 2.05) is 6.07 Å². The van der Waals surface area contributed by atoms with Crippen LogP contribution < -0.4 is 9.46 Å². The van der Waals surface area contributed by atoms with E-state index in [9.17, 15) is 8.42 Å². The highest BCUT2D eigenvalue weighted by Crippen LogP contribution is 2.30. The smallest absolute Gasteiger partial charge is 0.264 e. The van der Waals surface area contributed by atoms with Gasteiger partial charge in [-0.25, -0.2) is 18.4 Å². The number of halogens is 1. The number of anilines is 1. The van der Waals surface area contributed by atoms with Crippen LogP contribution in [-0.4, -0.2) is 28.4 Å². The third-order valence-electron chi connectivity index (χ3n) is 4.23. The lowest BCUT2D eigenvalue weighted by Crippen LogP contribution is -2.17. The average Bonchev–Trinajstić information content (AvgIpc) is 2.74. The van der Waals surface area contributed by atoms with E-state index in [2.05, 4.69) is 24.7 Å². The molecular formula is C20H16ClN5O3S. The fourth-order valence-electron chi connectivity index (χ4n) is 2.74. The first kappa shape index (κ1) is 20.0. The summed E-state index contributed by atoms with van der Waals surface area (Å²) in [6, 6.07) is 11.4. The SMILES string of the molecule is CC(Oc1nc2cnccc2nc1NS(=O)(=O)c1ccccc1Cl)c1cccnc1. The van der Waals surface area contributed by atoms with Crippen LogP contribution in [0.2, 0.25) is 5.02 Å². The van der Waals surface area contributed by atoms with Gasteiger partial charge in [0.1, 0.15) is 16.5 Å². The molecule has 0 radical (unpaired) electrons. The Hall–Kier alpha value is -3.30. The Kier molecular flexibility index (Phi) is 5.47. The fraction of sp³-hybridized carbons (Fsp3) is 0.100. The maximum Gasteiger partial charge on any atom is 0.264 e. The largest absolute Gasteiger partial charge is 0.467 e. The molecule has 3 heterocycles. The van der Waals surface area contributed by atoms with E-state index in [4.69, 9.17) is 16.3 Å². The first-order valence-electron chi connectivity index (χ1n) is 8.90. The molecule has 8 nitrogen and oxygen atoms in total. The van der Waals surface area contributed by atoms with Crippen LogP contribution in [-0.2, 0) is 10.0 Å². The maximum absolute atomic E-state index is 12.9. The highest BCUT2D eigenvalue weighted by molar-refractivity contribution is 7.92. The Morgan fingerprint density at radius 1 is 0.967 bits per heavy atom. The summed E-state index contributed by atoms with van der Waals surface area (Å²) in [7, 11) is -4.03. The van der Waals surface area contributed by atoms with Crippen LogP contribution >= 0.6 is 11.6 Å². The molecule has 4 rings (SSSR count). The molecule has 1 unspecified atom stereocenters. The number of aromatic nitrogens is 4. The molecule has 0 amide bonds. The Labute approximate surface area is 178 Å². The third-order valence-corrected chi connectivity index (χ3v) is 6.07. The van der Waals surface area contributed by atoms with Crippen molar-refractivity contribution in [3.8, 4) is 5.88 Å². The predicted octanol–water partition coefficient (Wildman–Crippen LogP) is 4.01. The van der Waals surface area contributed by atoms with Gasteiger partial charge >= 0.3 is 0 Å². The molecule has 0 bridgehead atoms. The van der Waals surface area contributed by atoms with Gasteiger partial charge in [-0.2, -0.15) is 0 Å². The number of sulfonamides is 1. The summed E-state index contributed by atoms with van der Waals surface area (Å²) in [5.41, 5.74) is 1.72. The number of hydrogen-bond donors (Lipinski definition) is 1. The topological polar surface area (TPSA) is 107 Å². The molecule has 1 N–H and O–H groups in total. The van der Waals surface area contributed by atoms with Gasteiger partial charge in [0.15, 0.2) is 0 Å². The van der Waals surface area contributed by atoms with E-state index in [1.54, 1.807) is 49.8 Å². The number of hydrogen-bond acceptors (Lipinski definition) is 7. The molecule has 0 saturated heterocycles. The number of rotatable bonds is 6. The van der Waals surface area contributed by atoms with E-state index in [0.29, 0.717) is 11.0 Å². The molecule has 0 spiro atoms. The van der Waals surface area contributed by atoms with Crippen LogP contribution in [0.4, 0.5) is 5.82 Å². The van der Waals surface area contributed by atoms with Gasteiger partial charge in [-0.3, -0.25) is 14.7 Å². The number of nitrogens with one attached hydrogen (secondary N) is 1. The zero-order valence-corrected chi connectivity index (χ0v) is 17.3.